The van der Waals surface area contributed by atoms with Gasteiger partial charge in [0.2, 0.25) is 5.95 Å². The third-order valence-electron chi connectivity index (χ3n) is 3.50. The van der Waals surface area contributed by atoms with Gasteiger partial charge in [-0.1, -0.05) is 6.07 Å². The normalized spacial score (nSPS) is 12.5. The van der Waals surface area contributed by atoms with Crippen LogP contribution in [0.25, 0.3) is 5.65 Å². The maximum atomic E-state index is 14.3. The van der Waals surface area contributed by atoms with Crippen molar-refractivity contribution in [3.05, 3.63) is 57.9 Å². The number of fused-ring (bicyclic) bond motifs is 1. The largest absolute Gasteiger partial charge is 0.348 e. The number of thiophene rings is 1. The van der Waals surface area contributed by atoms with E-state index in [9.17, 15) is 9.18 Å². The minimum absolute atomic E-state index is 0.0904. The first-order valence-electron chi connectivity index (χ1n) is 7.01. The van der Waals surface area contributed by atoms with Gasteiger partial charge in [0.05, 0.1) is 0 Å². The van der Waals surface area contributed by atoms with Crippen LogP contribution >= 0.6 is 11.3 Å². The Labute approximate surface area is 131 Å². The van der Waals surface area contributed by atoms with Crippen LogP contribution in [0.1, 0.15) is 28.5 Å². The highest BCUT2D eigenvalue weighted by Crippen LogP contribution is 2.15. The topological polar surface area (TPSA) is 46.4 Å². The molecule has 3 heterocycles. The molecule has 0 aromatic carbocycles. The van der Waals surface area contributed by atoms with Gasteiger partial charge in [-0.15, -0.1) is 0 Å². The summed E-state index contributed by atoms with van der Waals surface area (Å²) >= 11 is 1.62. The summed E-state index contributed by atoms with van der Waals surface area (Å²) in [5, 5.41) is 6.84. The minimum atomic E-state index is -0.626. The van der Waals surface area contributed by atoms with Crippen LogP contribution in [0.3, 0.4) is 0 Å². The van der Waals surface area contributed by atoms with Crippen LogP contribution in [0.4, 0.5) is 4.39 Å². The maximum Gasteiger partial charge on any atom is 0.274 e. The first-order chi connectivity index (χ1) is 10.6. The molecule has 3 aromatic rings. The van der Waals surface area contributed by atoms with Crippen molar-refractivity contribution >= 4 is 22.9 Å². The number of nitrogens with zero attached hydrogens (tertiary/aromatic N) is 2. The van der Waals surface area contributed by atoms with E-state index in [-0.39, 0.29) is 11.7 Å². The summed E-state index contributed by atoms with van der Waals surface area (Å²) < 4.78 is 15.6. The predicted molar refractivity (Wildman–Crippen MR) is 84.8 cm³/mol. The number of amides is 1. The summed E-state index contributed by atoms with van der Waals surface area (Å²) in [6.45, 7) is 3.73. The van der Waals surface area contributed by atoms with Crippen LogP contribution in [0.2, 0.25) is 0 Å². The molecule has 3 aromatic heterocycles. The van der Waals surface area contributed by atoms with Crippen molar-refractivity contribution in [1.82, 2.24) is 14.7 Å². The standard InChI is InChI=1S/C16H16FN3OS/c1-10-4-3-6-20-14(17)13(19-15(10)20)16(21)18-11(2)8-12-5-7-22-9-12/h3-7,9,11H,8H2,1-2H3,(H,18,21)/t11-/m1/s1. The highest BCUT2D eigenvalue weighted by Gasteiger charge is 2.21. The number of hydrogen-bond donors (Lipinski definition) is 1. The molecule has 6 heteroatoms. The minimum Gasteiger partial charge on any atom is -0.348 e. The van der Waals surface area contributed by atoms with Gasteiger partial charge in [-0.05, 0) is 54.3 Å². The average molecular weight is 317 g/mol. The van der Waals surface area contributed by atoms with Crippen LogP contribution in [0, 0.1) is 12.9 Å². The molecular weight excluding hydrogens is 301 g/mol. The van der Waals surface area contributed by atoms with Crippen molar-refractivity contribution in [2.75, 3.05) is 0 Å². The van der Waals surface area contributed by atoms with E-state index < -0.39 is 11.9 Å². The van der Waals surface area contributed by atoms with E-state index in [0.717, 1.165) is 11.1 Å². The molecule has 0 fully saturated rings. The van der Waals surface area contributed by atoms with Gasteiger partial charge in [-0.3, -0.25) is 9.20 Å². The third-order valence-corrected chi connectivity index (χ3v) is 4.23. The van der Waals surface area contributed by atoms with Crippen LogP contribution in [0.5, 0.6) is 0 Å². The molecule has 3 rings (SSSR count). The highest BCUT2D eigenvalue weighted by molar-refractivity contribution is 7.07. The number of imidazole rings is 1. The summed E-state index contributed by atoms with van der Waals surface area (Å²) in [5.74, 6) is -1.11. The van der Waals surface area contributed by atoms with Crippen molar-refractivity contribution in [2.24, 2.45) is 0 Å². The Kier molecular flexibility index (Phi) is 3.94. The second-order valence-electron chi connectivity index (χ2n) is 5.35. The molecule has 0 aliphatic heterocycles. The average Bonchev–Trinajstić information content (AvgIpc) is 3.08. The first-order valence-corrected chi connectivity index (χ1v) is 7.95. The third kappa shape index (κ3) is 2.74. The second kappa shape index (κ2) is 5.88. The van der Waals surface area contributed by atoms with Crippen molar-refractivity contribution in [3.8, 4) is 0 Å². The van der Waals surface area contributed by atoms with Crippen molar-refractivity contribution in [2.45, 2.75) is 26.3 Å². The molecule has 4 nitrogen and oxygen atoms in total. The van der Waals surface area contributed by atoms with Crippen molar-refractivity contribution in [3.63, 3.8) is 0 Å². The summed E-state index contributed by atoms with van der Waals surface area (Å²) in [4.78, 5) is 16.4. The van der Waals surface area contributed by atoms with Crippen LogP contribution in [-0.2, 0) is 6.42 Å². The molecule has 1 atom stereocenters. The van der Waals surface area contributed by atoms with Crippen molar-refractivity contribution in [1.29, 1.82) is 0 Å². The van der Waals surface area contributed by atoms with Gasteiger partial charge in [0.25, 0.3) is 5.91 Å². The molecule has 0 aliphatic carbocycles. The van der Waals surface area contributed by atoms with Gasteiger partial charge in [-0.2, -0.15) is 15.7 Å². The summed E-state index contributed by atoms with van der Waals surface area (Å²) in [7, 11) is 0. The molecule has 0 aliphatic rings. The van der Waals surface area contributed by atoms with E-state index in [0.29, 0.717) is 12.1 Å². The Bertz CT molecular complexity index is 810. The summed E-state index contributed by atoms with van der Waals surface area (Å²) in [6, 6.07) is 5.49. The smallest absolute Gasteiger partial charge is 0.274 e. The van der Waals surface area contributed by atoms with Gasteiger partial charge in [0.15, 0.2) is 5.69 Å². The second-order valence-corrected chi connectivity index (χ2v) is 6.13. The zero-order valence-electron chi connectivity index (χ0n) is 12.3. The van der Waals surface area contributed by atoms with E-state index in [2.05, 4.69) is 10.3 Å². The fourth-order valence-corrected chi connectivity index (χ4v) is 3.11. The molecule has 0 unspecified atom stereocenters. The fourth-order valence-electron chi connectivity index (χ4n) is 2.43. The predicted octanol–water partition coefficient (Wildman–Crippen LogP) is 3.20. The lowest BCUT2D eigenvalue weighted by atomic mass is 10.1. The number of aromatic nitrogens is 2. The molecule has 1 N–H and O–H groups in total. The molecule has 0 spiro atoms. The Hall–Kier alpha value is -2.21. The lowest BCUT2D eigenvalue weighted by molar-refractivity contribution is 0.0931. The number of carbonyl (C=O) groups is 1. The Morgan fingerprint density at radius 1 is 1.50 bits per heavy atom. The van der Waals surface area contributed by atoms with Gasteiger partial charge in [0.1, 0.15) is 5.65 Å². The number of rotatable bonds is 4. The Morgan fingerprint density at radius 2 is 2.32 bits per heavy atom. The number of halogens is 1. The van der Waals surface area contributed by atoms with E-state index in [1.807, 2.05) is 36.7 Å². The van der Waals surface area contributed by atoms with Gasteiger partial charge >= 0.3 is 0 Å². The van der Waals surface area contributed by atoms with Gasteiger partial charge in [-0.25, -0.2) is 4.98 Å². The maximum absolute atomic E-state index is 14.3. The van der Waals surface area contributed by atoms with Crippen LogP contribution < -0.4 is 5.32 Å². The zero-order chi connectivity index (χ0) is 15.7. The lowest BCUT2D eigenvalue weighted by Crippen LogP contribution is -2.34. The molecule has 114 valence electrons. The molecule has 0 saturated carbocycles. The van der Waals surface area contributed by atoms with E-state index >= 15 is 0 Å². The van der Waals surface area contributed by atoms with E-state index in [1.165, 1.54) is 4.40 Å². The summed E-state index contributed by atoms with van der Waals surface area (Å²) in [5.41, 5.74) is 2.29. The fraction of sp³-hybridized carbons (Fsp3) is 0.250. The molecule has 0 bridgehead atoms. The number of pyridine rings is 1. The number of carbonyl (C=O) groups excluding carboxylic acids is 1. The SMILES string of the molecule is Cc1cccn2c(F)c(C(=O)N[C@H](C)Cc3ccsc3)nc12. The van der Waals surface area contributed by atoms with E-state index in [1.54, 1.807) is 23.6 Å². The molecule has 1 amide bonds. The molecular formula is C16H16FN3OS. The van der Waals surface area contributed by atoms with Gasteiger partial charge in [0, 0.05) is 12.2 Å². The zero-order valence-corrected chi connectivity index (χ0v) is 13.2. The quantitative estimate of drug-likeness (QED) is 0.803. The van der Waals surface area contributed by atoms with Gasteiger partial charge < -0.3 is 5.32 Å². The Balaban J connectivity index is 1.80. The highest BCUT2D eigenvalue weighted by atomic mass is 32.1. The lowest BCUT2D eigenvalue weighted by Gasteiger charge is -2.11. The van der Waals surface area contributed by atoms with Crippen molar-refractivity contribution < 1.29 is 9.18 Å². The molecule has 22 heavy (non-hydrogen) atoms. The Morgan fingerprint density at radius 3 is 3.00 bits per heavy atom. The molecule has 0 radical (unpaired) electrons. The first kappa shape index (κ1) is 14.7. The van der Waals surface area contributed by atoms with Crippen LogP contribution in [-0.4, -0.2) is 21.3 Å². The van der Waals surface area contributed by atoms with Crippen LogP contribution in [0.15, 0.2) is 35.2 Å². The number of hydrogen-bond acceptors (Lipinski definition) is 3. The number of nitrogens with one attached hydrogen (secondary N) is 1. The summed E-state index contributed by atoms with van der Waals surface area (Å²) in [6.07, 6.45) is 2.28. The number of aryl methyl sites for hydroxylation is 1. The monoisotopic (exact) mass is 317 g/mol. The van der Waals surface area contributed by atoms with E-state index in [4.69, 9.17) is 0 Å². The molecule has 0 saturated heterocycles.